The van der Waals surface area contributed by atoms with Crippen molar-refractivity contribution in [2.24, 2.45) is 0 Å². The fourth-order valence-electron chi connectivity index (χ4n) is 9.96. The highest BCUT2D eigenvalue weighted by Crippen LogP contribution is 2.61. The van der Waals surface area contributed by atoms with E-state index >= 15 is 0 Å². The van der Waals surface area contributed by atoms with Crippen molar-refractivity contribution in [3.63, 3.8) is 0 Å². The lowest BCUT2D eigenvalue weighted by Gasteiger charge is -2.40. The third-order valence-electron chi connectivity index (χ3n) is 12.1. The first-order chi connectivity index (χ1) is 22.4. The normalized spacial score (nSPS) is 21.8. The molecule has 0 amide bonds. The molecule has 1 aromatic heterocycles. The van der Waals surface area contributed by atoms with Crippen molar-refractivity contribution in [1.29, 1.82) is 0 Å². The van der Waals surface area contributed by atoms with Gasteiger partial charge in [0, 0.05) is 20.3 Å². The summed E-state index contributed by atoms with van der Waals surface area (Å²) in [6.45, 7) is 0. The van der Waals surface area contributed by atoms with Gasteiger partial charge in [-0.3, -0.25) is 0 Å². The first kappa shape index (κ1) is 31.0. The van der Waals surface area contributed by atoms with Gasteiger partial charge >= 0.3 is 0 Å². The highest BCUT2D eigenvalue weighted by molar-refractivity contribution is 7.74. The van der Waals surface area contributed by atoms with E-state index in [1.165, 1.54) is 139 Å². The maximum absolute atomic E-state index is 2.66. The maximum Gasteiger partial charge on any atom is 0.0374 e. The SMILES string of the molecule is c1ccc(P(C2CCCCC2)C2CCCCC2)c(-c2c(P(C3CCCCC3)C3CCCCC3)sc3ccc4ccccc4c23)c1. The van der Waals surface area contributed by atoms with Crippen molar-refractivity contribution in [1.82, 2.24) is 0 Å². The summed E-state index contributed by atoms with van der Waals surface area (Å²) in [7, 11) is -0.339. The summed E-state index contributed by atoms with van der Waals surface area (Å²) < 4.78 is 3.43. The predicted octanol–water partition coefficient (Wildman–Crippen LogP) is 13.3. The van der Waals surface area contributed by atoms with Gasteiger partial charge in [0.15, 0.2) is 0 Å². The second-order valence-electron chi connectivity index (χ2n) is 14.9. The molecule has 4 aromatic rings. The van der Waals surface area contributed by atoms with Crippen LogP contribution in [0.1, 0.15) is 128 Å². The zero-order valence-electron chi connectivity index (χ0n) is 27.5. The molecule has 4 aliphatic rings. The van der Waals surface area contributed by atoms with E-state index in [-0.39, 0.29) is 15.8 Å². The molecule has 4 fully saturated rings. The van der Waals surface area contributed by atoms with Gasteiger partial charge in [0.2, 0.25) is 0 Å². The van der Waals surface area contributed by atoms with Crippen LogP contribution in [-0.4, -0.2) is 22.6 Å². The lowest BCUT2D eigenvalue weighted by molar-refractivity contribution is 0.487. The molecule has 0 N–H and O–H groups in total. The summed E-state index contributed by atoms with van der Waals surface area (Å²) in [5, 5.41) is 6.35. The van der Waals surface area contributed by atoms with Crippen LogP contribution in [0.4, 0.5) is 0 Å². The van der Waals surface area contributed by atoms with Crippen LogP contribution in [0, 0.1) is 0 Å². The van der Waals surface area contributed by atoms with E-state index in [9.17, 15) is 0 Å². The molecule has 3 heteroatoms. The molecule has 1 heterocycles. The zero-order valence-corrected chi connectivity index (χ0v) is 30.1. The Kier molecular flexibility index (Phi) is 9.98. The lowest BCUT2D eigenvalue weighted by atomic mass is 9.99. The molecule has 45 heavy (non-hydrogen) atoms. The molecule has 3 aromatic carbocycles. The molecule has 0 spiro atoms. The molecule has 0 unspecified atom stereocenters. The van der Waals surface area contributed by atoms with E-state index in [2.05, 4.69) is 72.0 Å². The molecule has 0 saturated heterocycles. The lowest BCUT2D eigenvalue weighted by Crippen LogP contribution is -2.28. The van der Waals surface area contributed by atoms with Crippen molar-refractivity contribution in [3.05, 3.63) is 60.7 Å². The summed E-state index contributed by atoms with van der Waals surface area (Å²) in [5.41, 5.74) is 7.13. The van der Waals surface area contributed by atoms with Crippen LogP contribution in [-0.2, 0) is 0 Å². The Labute approximate surface area is 279 Å². The van der Waals surface area contributed by atoms with Crippen LogP contribution in [0.15, 0.2) is 60.7 Å². The van der Waals surface area contributed by atoms with Gasteiger partial charge in [0.1, 0.15) is 0 Å². The van der Waals surface area contributed by atoms with Crippen molar-refractivity contribution < 1.29 is 0 Å². The van der Waals surface area contributed by atoms with Gasteiger partial charge in [-0.25, -0.2) is 0 Å². The molecule has 238 valence electrons. The van der Waals surface area contributed by atoms with Gasteiger partial charge in [-0.05, 0) is 102 Å². The van der Waals surface area contributed by atoms with Crippen LogP contribution >= 0.6 is 27.2 Å². The third-order valence-corrected chi connectivity index (χ3v) is 20.8. The molecule has 0 atom stereocenters. The molecule has 4 aliphatic carbocycles. The minimum absolute atomic E-state index is 0.165. The summed E-state index contributed by atoms with van der Waals surface area (Å²) >= 11 is 2.26. The molecule has 0 bridgehead atoms. The summed E-state index contributed by atoms with van der Waals surface area (Å²) in [6.07, 6.45) is 29.4. The Hall–Kier alpha value is -1.26. The van der Waals surface area contributed by atoms with E-state index in [1.54, 1.807) is 21.2 Å². The number of hydrogen-bond donors (Lipinski definition) is 0. The Morgan fingerprint density at radius 3 is 1.53 bits per heavy atom. The topological polar surface area (TPSA) is 0 Å². The first-order valence-corrected chi connectivity index (χ1v) is 22.7. The van der Waals surface area contributed by atoms with E-state index in [4.69, 9.17) is 0 Å². The highest BCUT2D eigenvalue weighted by Gasteiger charge is 2.38. The maximum atomic E-state index is 2.66. The van der Waals surface area contributed by atoms with Crippen LogP contribution in [0.25, 0.3) is 32.0 Å². The monoisotopic (exact) mass is 652 g/mol. The second-order valence-corrected chi connectivity index (χ2v) is 21.8. The van der Waals surface area contributed by atoms with Crippen LogP contribution in [0.2, 0.25) is 0 Å². The Balaban J connectivity index is 1.37. The molecule has 4 saturated carbocycles. The number of hydrogen-bond acceptors (Lipinski definition) is 1. The van der Waals surface area contributed by atoms with Gasteiger partial charge in [0.25, 0.3) is 0 Å². The van der Waals surface area contributed by atoms with E-state index in [1.807, 2.05) is 9.92 Å². The Morgan fingerprint density at radius 1 is 0.467 bits per heavy atom. The van der Waals surface area contributed by atoms with E-state index < -0.39 is 0 Å². The van der Waals surface area contributed by atoms with Crippen LogP contribution in [0.5, 0.6) is 0 Å². The fourth-order valence-corrected chi connectivity index (χ4v) is 20.1. The van der Waals surface area contributed by atoms with Crippen molar-refractivity contribution >= 4 is 58.0 Å². The number of rotatable bonds is 7. The second kappa shape index (κ2) is 14.5. The molecule has 0 radical (unpaired) electrons. The van der Waals surface area contributed by atoms with Crippen molar-refractivity contribution in [2.75, 3.05) is 0 Å². The standard InChI is InChI=1S/C42H54P2S/c1-5-18-32(19-6-1)43(33-20-7-2-8-21-33)38-28-16-15-27-37(38)41-40-36-26-14-13-17-31(36)29-30-39(40)45-42(41)44(34-22-9-3-10-23-34)35-24-11-4-12-25-35/h13-17,26-30,32-35H,1-12,18-25H2. The van der Waals surface area contributed by atoms with Gasteiger partial charge in [-0.1, -0.05) is 147 Å². The number of benzene rings is 3. The molecule has 0 nitrogen and oxygen atoms in total. The smallest absolute Gasteiger partial charge is 0.0374 e. The quantitative estimate of drug-likeness (QED) is 0.174. The van der Waals surface area contributed by atoms with Gasteiger partial charge in [-0.2, -0.15) is 0 Å². The summed E-state index contributed by atoms with van der Waals surface area (Å²) in [6, 6.07) is 24.4. The molecular weight excluding hydrogens is 598 g/mol. The summed E-state index contributed by atoms with van der Waals surface area (Å²) in [5.74, 6) is 0. The molecule has 0 aliphatic heterocycles. The Bertz CT molecular complexity index is 1530. The van der Waals surface area contributed by atoms with Gasteiger partial charge < -0.3 is 0 Å². The number of fused-ring (bicyclic) bond motifs is 3. The average molecular weight is 653 g/mol. The first-order valence-electron chi connectivity index (χ1n) is 19.0. The number of thiophene rings is 1. The zero-order chi connectivity index (χ0) is 30.0. The minimum Gasteiger partial charge on any atom is -0.135 e. The minimum atomic E-state index is -0.174. The average Bonchev–Trinajstić information content (AvgIpc) is 3.50. The molecule has 8 rings (SSSR count). The van der Waals surface area contributed by atoms with Crippen LogP contribution < -0.4 is 9.92 Å². The van der Waals surface area contributed by atoms with E-state index in [0.29, 0.717) is 0 Å². The third kappa shape index (κ3) is 6.34. The largest absolute Gasteiger partial charge is 0.135 e. The fraction of sp³-hybridized carbons (Fsp3) is 0.571. The van der Waals surface area contributed by atoms with E-state index in [0.717, 1.165) is 22.6 Å². The highest BCUT2D eigenvalue weighted by atomic mass is 32.1. The van der Waals surface area contributed by atoms with Crippen molar-refractivity contribution in [3.8, 4) is 11.1 Å². The van der Waals surface area contributed by atoms with Crippen molar-refractivity contribution in [2.45, 2.75) is 151 Å². The molecular formula is C42H54P2S. The predicted molar refractivity (Wildman–Crippen MR) is 205 cm³/mol. The summed E-state index contributed by atoms with van der Waals surface area (Å²) in [4.78, 5) is 0. The van der Waals surface area contributed by atoms with Crippen LogP contribution in [0.3, 0.4) is 0 Å². The Morgan fingerprint density at radius 2 is 0.956 bits per heavy atom. The van der Waals surface area contributed by atoms with Gasteiger partial charge in [0.05, 0.1) is 0 Å². The van der Waals surface area contributed by atoms with Gasteiger partial charge in [-0.15, -0.1) is 11.3 Å².